The molecule has 9 heteroatoms. The van der Waals surface area contributed by atoms with Gasteiger partial charge in [0.25, 0.3) is 5.91 Å². The van der Waals surface area contributed by atoms with Crippen LogP contribution in [0.4, 0.5) is 18.9 Å². The minimum absolute atomic E-state index is 0.282. The number of halogens is 3. The summed E-state index contributed by atoms with van der Waals surface area (Å²) in [6.45, 7) is 1.88. The molecule has 2 amide bonds. The highest BCUT2D eigenvalue weighted by molar-refractivity contribution is 5.97. The summed E-state index contributed by atoms with van der Waals surface area (Å²) in [5.74, 6) is -0.838. The maximum absolute atomic E-state index is 12.5. The highest BCUT2D eigenvalue weighted by Crippen LogP contribution is 2.27. The van der Waals surface area contributed by atoms with Crippen LogP contribution >= 0.6 is 0 Å². The molecule has 6 nitrogen and oxygen atoms in total. The topological polar surface area (TPSA) is 76.0 Å². The molecule has 0 aliphatic heterocycles. The third kappa shape index (κ3) is 4.58. The number of carbonyl (C=O) groups excluding carboxylic acids is 2. The van der Waals surface area contributed by atoms with Crippen LogP contribution in [0.1, 0.15) is 23.0 Å². The number of nitrogens with one attached hydrogen (secondary N) is 2. The van der Waals surface area contributed by atoms with Crippen LogP contribution < -0.4 is 10.6 Å². The summed E-state index contributed by atoms with van der Waals surface area (Å²) >= 11 is 0. The average molecular weight is 340 g/mol. The normalized spacial score (nSPS) is 11.2. The SMILES string of the molecule is CCNC(=O)c1cccc(NC(=O)Cn2ccc(C(F)(F)F)n2)c1. The average Bonchev–Trinajstić information content (AvgIpc) is 2.96. The van der Waals surface area contributed by atoms with Gasteiger partial charge in [0, 0.05) is 24.0 Å². The Kier molecular flexibility index (Phi) is 5.22. The summed E-state index contributed by atoms with van der Waals surface area (Å²) < 4.78 is 38.3. The van der Waals surface area contributed by atoms with Gasteiger partial charge in [0.2, 0.25) is 5.91 Å². The Morgan fingerprint density at radius 3 is 2.62 bits per heavy atom. The minimum Gasteiger partial charge on any atom is -0.352 e. The summed E-state index contributed by atoms with van der Waals surface area (Å²) in [6.07, 6.45) is -3.48. The Morgan fingerprint density at radius 2 is 2.00 bits per heavy atom. The number of alkyl halides is 3. The molecule has 2 N–H and O–H groups in total. The monoisotopic (exact) mass is 340 g/mol. The van der Waals surface area contributed by atoms with E-state index < -0.39 is 17.8 Å². The van der Waals surface area contributed by atoms with Gasteiger partial charge in [-0.3, -0.25) is 14.3 Å². The zero-order valence-corrected chi connectivity index (χ0v) is 12.7. The number of hydrogen-bond acceptors (Lipinski definition) is 3. The van der Waals surface area contributed by atoms with Crippen molar-refractivity contribution >= 4 is 17.5 Å². The zero-order valence-electron chi connectivity index (χ0n) is 12.7. The van der Waals surface area contributed by atoms with Crippen molar-refractivity contribution in [3.8, 4) is 0 Å². The largest absolute Gasteiger partial charge is 0.435 e. The maximum Gasteiger partial charge on any atom is 0.435 e. The van der Waals surface area contributed by atoms with Crippen LogP contribution in [0.2, 0.25) is 0 Å². The van der Waals surface area contributed by atoms with Crippen LogP contribution in [0.25, 0.3) is 0 Å². The molecule has 1 aromatic heterocycles. The van der Waals surface area contributed by atoms with Crippen LogP contribution in [0.15, 0.2) is 36.5 Å². The van der Waals surface area contributed by atoms with Gasteiger partial charge < -0.3 is 10.6 Å². The van der Waals surface area contributed by atoms with Gasteiger partial charge in [0.05, 0.1) is 0 Å². The van der Waals surface area contributed by atoms with Gasteiger partial charge in [-0.05, 0) is 31.2 Å². The predicted molar refractivity (Wildman–Crippen MR) is 80.3 cm³/mol. The van der Waals surface area contributed by atoms with E-state index in [1.807, 2.05) is 0 Å². The van der Waals surface area contributed by atoms with E-state index in [0.29, 0.717) is 17.8 Å². The molecule has 2 aromatic rings. The van der Waals surface area contributed by atoms with Crippen molar-refractivity contribution in [2.75, 3.05) is 11.9 Å². The van der Waals surface area contributed by atoms with E-state index in [1.54, 1.807) is 25.1 Å². The number of benzene rings is 1. The van der Waals surface area contributed by atoms with Gasteiger partial charge in [0.1, 0.15) is 6.54 Å². The highest BCUT2D eigenvalue weighted by atomic mass is 19.4. The molecule has 0 atom stereocenters. The quantitative estimate of drug-likeness (QED) is 0.877. The van der Waals surface area contributed by atoms with E-state index in [1.165, 1.54) is 6.07 Å². The van der Waals surface area contributed by atoms with Gasteiger partial charge in [-0.15, -0.1) is 0 Å². The zero-order chi connectivity index (χ0) is 17.7. The van der Waals surface area contributed by atoms with Gasteiger partial charge in [-0.1, -0.05) is 6.07 Å². The first kappa shape index (κ1) is 17.5. The fourth-order valence-corrected chi connectivity index (χ4v) is 1.95. The molecule has 0 saturated heterocycles. The van der Waals surface area contributed by atoms with E-state index in [-0.39, 0.29) is 12.5 Å². The lowest BCUT2D eigenvalue weighted by Crippen LogP contribution is -2.23. The van der Waals surface area contributed by atoms with Crippen molar-refractivity contribution in [3.05, 3.63) is 47.8 Å². The molecule has 1 heterocycles. The minimum atomic E-state index is -4.55. The molecule has 0 aliphatic rings. The van der Waals surface area contributed by atoms with Gasteiger partial charge in [-0.25, -0.2) is 0 Å². The van der Waals surface area contributed by atoms with Crippen LogP contribution in [0, 0.1) is 0 Å². The fourth-order valence-electron chi connectivity index (χ4n) is 1.95. The number of aromatic nitrogens is 2. The summed E-state index contributed by atoms with van der Waals surface area (Å²) in [5, 5.41) is 8.44. The van der Waals surface area contributed by atoms with Crippen LogP contribution in [-0.4, -0.2) is 28.1 Å². The Balaban J connectivity index is 2.01. The van der Waals surface area contributed by atoms with Gasteiger partial charge in [-0.2, -0.15) is 18.3 Å². The molecule has 0 saturated carbocycles. The molecule has 1 aromatic carbocycles. The Hall–Kier alpha value is -2.84. The van der Waals surface area contributed by atoms with Crippen molar-refractivity contribution in [1.29, 1.82) is 0 Å². The number of nitrogens with zero attached hydrogens (tertiary/aromatic N) is 2. The van der Waals surface area contributed by atoms with E-state index in [4.69, 9.17) is 0 Å². The molecule has 0 aliphatic carbocycles. The summed E-state index contributed by atoms with van der Waals surface area (Å²) in [7, 11) is 0. The number of anilines is 1. The number of carbonyl (C=O) groups is 2. The van der Waals surface area contributed by atoms with Gasteiger partial charge in [0.15, 0.2) is 5.69 Å². The van der Waals surface area contributed by atoms with Crippen molar-refractivity contribution < 1.29 is 22.8 Å². The molecule has 0 spiro atoms. The van der Waals surface area contributed by atoms with Crippen LogP contribution in [0.3, 0.4) is 0 Å². The molecular formula is C15H15F3N4O2. The lowest BCUT2D eigenvalue weighted by Gasteiger charge is -2.08. The smallest absolute Gasteiger partial charge is 0.352 e. The first-order valence-corrected chi connectivity index (χ1v) is 7.08. The third-order valence-electron chi connectivity index (χ3n) is 2.98. The molecule has 128 valence electrons. The van der Waals surface area contributed by atoms with Crippen molar-refractivity contribution in [2.45, 2.75) is 19.6 Å². The number of amides is 2. The summed E-state index contributed by atoms with van der Waals surface area (Å²) in [6, 6.07) is 7.03. The third-order valence-corrected chi connectivity index (χ3v) is 2.98. The van der Waals surface area contributed by atoms with Crippen molar-refractivity contribution in [2.24, 2.45) is 0 Å². The second kappa shape index (κ2) is 7.16. The molecule has 0 unspecified atom stereocenters. The molecular weight excluding hydrogens is 325 g/mol. The van der Waals surface area contributed by atoms with Crippen molar-refractivity contribution in [1.82, 2.24) is 15.1 Å². The van der Waals surface area contributed by atoms with Crippen LogP contribution in [0.5, 0.6) is 0 Å². The first-order chi connectivity index (χ1) is 11.3. The first-order valence-electron chi connectivity index (χ1n) is 7.08. The number of rotatable bonds is 5. The second-order valence-corrected chi connectivity index (χ2v) is 4.88. The summed E-state index contributed by atoms with van der Waals surface area (Å²) in [5.41, 5.74) is -0.325. The summed E-state index contributed by atoms with van der Waals surface area (Å²) in [4.78, 5) is 23.6. The van der Waals surface area contributed by atoms with E-state index in [9.17, 15) is 22.8 Å². The Morgan fingerprint density at radius 1 is 1.25 bits per heavy atom. The number of hydrogen-bond donors (Lipinski definition) is 2. The lowest BCUT2D eigenvalue weighted by atomic mass is 10.2. The van der Waals surface area contributed by atoms with E-state index in [2.05, 4.69) is 15.7 Å². The second-order valence-electron chi connectivity index (χ2n) is 4.88. The van der Waals surface area contributed by atoms with Crippen LogP contribution in [-0.2, 0) is 17.5 Å². The molecule has 0 radical (unpaired) electrons. The maximum atomic E-state index is 12.5. The van der Waals surface area contributed by atoms with E-state index in [0.717, 1.165) is 16.9 Å². The van der Waals surface area contributed by atoms with Gasteiger partial charge >= 0.3 is 6.18 Å². The van der Waals surface area contributed by atoms with E-state index >= 15 is 0 Å². The Bertz CT molecular complexity index is 740. The fraction of sp³-hybridized carbons (Fsp3) is 0.267. The highest BCUT2D eigenvalue weighted by Gasteiger charge is 2.33. The van der Waals surface area contributed by atoms with Crippen molar-refractivity contribution in [3.63, 3.8) is 0 Å². The standard InChI is InChI=1S/C15H15F3N4O2/c1-2-19-14(24)10-4-3-5-11(8-10)20-13(23)9-22-7-6-12(21-22)15(16,17)18/h3-8H,2,9H2,1H3,(H,19,24)(H,20,23). The molecule has 0 bridgehead atoms. The predicted octanol–water partition coefficient (Wildman–Crippen LogP) is 2.29. The molecule has 0 fully saturated rings. The molecule has 2 rings (SSSR count). The molecule has 24 heavy (non-hydrogen) atoms. The Labute approximate surface area is 135 Å². The lowest BCUT2D eigenvalue weighted by molar-refractivity contribution is -0.141.